The molecule has 1 heterocycles. The number of nitrogens with zero attached hydrogens (tertiary/aromatic N) is 1. The molecule has 0 aromatic heterocycles. The fourth-order valence-electron chi connectivity index (χ4n) is 3.32. The number of aldehydes is 1. The van der Waals surface area contributed by atoms with E-state index in [4.69, 9.17) is 32.7 Å². The highest BCUT2D eigenvalue weighted by molar-refractivity contribution is 6.34. The van der Waals surface area contributed by atoms with Crippen molar-refractivity contribution in [2.75, 3.05) is 19.7 Å². The van der Waals surface area contributed by atoms with Gasteiger partial charge in [-0.25, -0.2) is 4.79 Å². The molecule has 0 radical (unpaired) electrons. The minimum atomic E-state index is -0.314. The van der Waals surface area contributed by atoms with Crippen LogP contribution in [0.25, 0.3) is 0 Å². The van der Waals surface area contributed by atoms with E-state index in [2.05, 4.69) is 0 Å². The van der Waals surface area contributed by atoms with E-state index in [0.717, 1.165) is 36.9 Å². The van der Waals surface area contributed by atoms with Crippen molar-refractivity contribution >= 4 is 35.6 Å². The number of ether oxygens (including phenoxy) is 2. The molecule has 0 bridgehead atoms. The molecule has 2 aromatic carbocycles. The summed E-state index contributed by atoms with van der Waals surface area (Å²) in [4.78, 5) is 24.7. The van der Waals surface area contributed by atoms with E-state index in [1.54, 1.807) is 47.4 Å². The summed E-state index contributed by atoms with van der Waals surface area (Å²) in [7, 11) is 0. The van der Waals surface area contributed by atoms with Gasteiger partial charge in [-0.15, -0.1) is 0 Å². The number of amides is 1. The van der Waals surface area contributed by atoms with E-state index >= 15 is 0 Å². The zero-order chi connectivity index (χ0) is 20.6. The number of hydrogen-bond donors (Lipinski definition) is 0. The van der Waals surface area contributed by atoms with Crippen LogP contribution in [0.4, 0.5) is 4.79 Å². The Morgan fingerprint density at radius 2 is 1.72 bits per heavy atom. The lowest BCUT2D eigenvalue weighted by Gasteiger charge is -2.31. The van der Waals surface area contributed by atoms with Crippen LogP contribution >= 0.6 is 23.2 Å². The molecule has 0 atom stereocenters. The van der Waals surface area contributed by atoms with Gasteiger partial charge in [-0.1, -0.05) is 23.2 Å². The third-order valence-electron chi connectivity index (χ3n) is 4.97. The molecule has 29 heavy (non-hydrogen) atoms. The summed E-state index contributed by atoms with van der Waals surface area (Å²) >= 11 is 11.9. The Morgan fingerprint density at radius 1 is 1.07 bits per heavy atom. The second-order valence-corrected chi connectivity index (χ2v) is 7.96. The average molecular weight is 436 g/mol. The lowest BCUT2D eigenvalue weighted by molar-refractivity contribution is 0.0800. The SMILES string of the molecule is O=Cc1ccc(OCCC2CCN(C(=O)OCc3cc(Cl)cc(Cl)c3)CC2)cc1. The van der Waals surface area contributed by atoms with Crippen LogP contribution < -0.4 is 4.74 Å². The van der Waals surface area contributed by atoms with Crippen molar-refractivity contribution < 1.29 is 19.1 Å². The molecule has 0 N–H and O–H groups in total. The number of likely N-dealkylation sites (tertiary alicyclic amines) is 1. The Hall–Kier alpha value is -2.24. The zero-order valence-electron chi connectivity index (χ0n) is 16.0. The van der Waals surface area contributed by atoms with Crippen LogP contribution in [-0.4, -0.2) is 37.0 Å². The summed E-state index contributed by atoms with van der Waals surface area (Å²) in [6, 6.07) is 12.2. The second-order valence-electron chi connectivity index (χ2n) is 7.09. The minimum Gasteiger partial charge on any atom is -0.494 e. The lowest BCUT2D eigenvalue weighted by atomic mass is 9.94. The van der Waals surface area contributed by atoms with Gasteiger partial charge in [0.05, 0.1) is 6.61 Å². The first-order chi connectivity index (χ1) is 14.0. The van der Waals surface area contributed by atoms with E-state index in [0.29, 0.717) is 41.2 Å². The Kier molecular flexibility index (Phi) is 7.78. The number of hydrogen-bond acceptors (Lipinski definition) is 4. The molecule has 1 fully saturated rings. The number of benzene rings is 2. The fourth-order valence-corrected chi connectivity index (χ4v) is 3.89. The van der Waals surface area contributed by atoms with Crippen molar-refractivity contribution in [2.45, 2.75) is 25.9 Å². The van der Waals surface area contributed by atoms with Gasteiger partial charge >= 0.3 is 6.09 Å². The van der Waals surface area contributed by atoms with Crippen molar-refractivity contribution in [2.24, 2.45) is 5.92 Å². The maximum Gasteiger partial charge on any atom is 0.410 e. The van der Waals surface area contributed by atoms with Gasteiger partial charge < -0.3 is 14.4 Å². The minimum absolute atomic E-state index is 0.149. The predicted octanol–water partition coefficient (Wildman–Crippen LogP) is 5.62. The average Bonchev–Trinajstić information content (AvgIpc) is 2.72. The molecule has 1 amide bonds. The normalized spacial score (nSPS) is 14.5. The summed E-state index contributed by atoms with van der Waals surface area (Å²) in [6.45, 7) is 2.11. The van der Waals surface area contributed by atoms with E-state index in [1.807, 2.05) is 0 Å². The molecular formula is C22H23Cl2NO4. The largest absolute Gasteiger partial charge is 0.494 e. The molecule has 2 aromatic rings. The first kappa shape index (κ1) is 21.5. The molecule has 0 spiro atoms. The fraction of sp³-hybridized carbons (Fsp3) is 0.364. The molecule has 1 aliphatic rings. The molecule has 3 rings (SSSR count). The van der Waals surface area contributed by atoms with E-state index in [9.17, 15) is 9.59 Å². The van der Waals surface area contributed by atoms with Crippen LogP contribution in [0.2, 0.25) is 10.0 Å². The van der Waals surface area contributed by atoms with Crippen molar-refractivity contribution in [3.63, 3.8) is 0 Å². The summed E-state index contributed by atoms with van der Waals surface area (Å²) in [6.07, 6.45) is 3.27. The van der Waals surface area contributed by atoms with Crippen molar-refractivity contribution in [1.29, 1.82) is 0 Å². The maximum atomic E-state index is 12.3. The summed E-state index contributed by atoms with van der Waals surface area (Å²) in [5.41, 5.74) is 1.40. The summed E-state index contributed by atoms with van der Waals surface area (Å²) in [5.74, 6) is 1.28. The number of rotatable bonds is 7. The van der Waals surface area contributed by atoms with E-state index in [-0.39, 0.29) is 12.7 Å². The van der Waals surface area contributed by atoms with Gasteiger partial charge in [0.25, 0.3) is 0 Å². The van der Waals surface area contributed by atoms with Crippen LogP contribution in [0.1, 0.15) is 35.2 Å². The standard InChI is InChI=1S/C22H23Cl2NO4/c23-19-11-18(12-20(24)13-19)15-29-22(27)25-8-5-16(6-9-25)7-10-28-21-3-1-17(14-26)2-4-21/h1-4,11-14,16H,5-10,15H2. The topological polar surface area (TPSA) is 55.8 Å². The van der Waals surface area contributed by atoms with Gasteiger partial charge in [0.15, 0.2) is 0 Å². The van der Waals surface area contributed by atoms with Gasteiger partial charge in [-0.2, -0.15) is 0 Å². The highest BCUT2D eigenvalue weighted by Gasteiger charge is 2.23. The van der Waals surface area contributed by atoms with Gasteiger partial charge in [0.2, 0.25) is 0 Å². The zero-order valence-corrected chi connectivity index (χ0v) is 17.5. The summed E-state index contributed by atoms with van der Waals surface area (Å²) in [5, 5.41) is 1.04. The van der Waals surface area contributed by atoms with Crippen molar-refractivity contribution in [3.05, 3.63) is 63.6 Å². The summed E-state index contributed by atoms with van der Waals surface area (Å²) < 4.78 is 11.1. The molecular weight excluding hydrogens is 413 g/mol. The maximum absolute atomic E-state index is 12.3. The van der Waals surface area contributed by atoms with Gasteiger partial charge in [-0.05, 0) is 73.2 Å². The van der Waals surface area contributed by atoms with Crippen LogP contribution in [0.5, 0.6) is 5.75 Å². The molecule has 154 valence electrons. The van der Waals surface area contributed by atoms with E-state index < -0.39 is 0 Å². The van der Waals surface area contributed by atoms with Gasteiger partial charge in [-0.3, -0.25) is 4.79 Å². The molecule has 1 aliphatic heterocycles. The predicted molar refractivity (Wildman–Crippen MR) is 113 cm³/mol. The number of halogens is 2. The lowest BCUT2D eigenvalue weighted by Crippen LogP contribution is -2.39. The third-order valence-corrected chi connectivity index (χ3v) is 5.40. The number of carbonyl (C=O) groups is 2. The van der Waals surface area contributed by atoms with Crippen molar-refractivity contribution in [3.8, 4) is 5.75 Å². The Balaban J connectivity index is 1.35. The molecule has 0 aliphatic carbocycles. The van der Waals surface area contributed by atoms with Crippen LogP contribution in [0.15, 0.2) is 42.5 Å². The highest BCUT2D eigenvalue weighted by Crippen LogP contribution is 2.23. The molecule has 0 saturated carbocycles. The Bertz CT molecular complexity index is 813. The van der Waals surface area contributed by atoms with Gasteiger partial charge in [0, 0.05) is 28.7 Å². The Morgan fingerprint density at radius 3 is 2.34 bits per heavy atom. The first-order valence-electron chi connectivity index (χ1n) is 9.58. The van der Waals surface area contributed by atoms with Crippen LogP contribution in [0.3, 0.4) is 0 Å². The highest BCUT2D eigenvalue weighted by atomic mass is 35.5. The first-order valence-corrected chi connectivity index (χ1v) is 10.3. The molecule has 7 heteroatoms. The van der Waals surface area contributed by atoms with E-state index in [1.165, 1.54) is 0 Å². The Labute approximate surface area is 180 Å². The quantitative estimate of drug-likeness (QED) is 0.529. The number of carbonyl (C=O) groups excluding carboxylic acids is 2. The van der Waals surface area contributed by atoms with Crippen LogP contribution in [0, 0.1) is 5.92 Å². The second kappa shape index (κ2) is 10.5. The molecule has 5 nitrogen and oxygen atoms in total. The third kappa shape index (κ3) is 6.65. The van der Waals surface area contributed by atoms with Crippen LogP contribution in [-0.2, 0) is 11.3 Å². The monoisotopic (exact) mass is 435 g/mol. The number of piperidine rings is 1. The molecule has 1 saturated heterocycles. The smallest absolute Gasteiger partial charge is 0.410 e. The van der Waals surface area contributed by atoms with Crippen molar-refractivity contribution in [1.82, 2.24) is 4.90 Å². The van der Waals surface area contributed by atoms with Gasteiger partial charge in [0.1, 0.15) is 18.6 Å². The molecule has 0 unspecified atom stereocenters.